The Labute approximate surface area is 189 Å². The number of hydrogen-bond donors (Lipinski definition) is 3. The van der Waals surface area contributed by atoms with Crippen molar-refractivity contribution in [2.45, 2.75) is 51.7 Å². The second kappa shape index (κ2) is 11.9. The summed E-state index contributed by atoms with van der Waals surface area (Å²) in [6.07, 6.45) is 5.10. The van der Waals surface area contributed by atoms with E-state index in [0.29, 0.717) is 31.3 Å². The smallest absolute Gasteiger partial charge is 0.227 e. The number of guanidine groups is 1. The predicted molar refractivity (Wildman–Crippen MR) is 126 cm³/mol. The molecule has 1 aromatic heterocycles. The molecular formula is C24H33N5O3. The number of anilines is 1. The van der Waals surface area contributed by atoms with Crippen molar-refractivity contribution in [3.63, 3.8) is 0 Å². The Kier molecular flexibility index (Phi) is 8.71. The molecule has 32 heavy (non-hydrogen) atoms. The summed E-state index contributed by atoms with van der Waals surface area (Å²) in [6.45, 7) is 2.86. The Morgan fingerprint density at radius 3 is 2.66 bits per heavy atom. The normalized spacial score (nSPS) is 14.2. The highest BCUT2D eigenvalue weighted by Gasteiger charge is 2.20. The monoisotopic (exact) mass is 439 g/mol. The van der Waals surface area contributed by atoms with Crippen LogP contribution in [0.1, 0.15) is 43.4 Å². The molecule has 1 fully saturated rings. The lowest BCUT2D eigenvalue weighted by molar-refractivity contribution is -0.116. The first kappa shape index (κ1) is 23.4. The van der Waals surface area contributed by atoms with E-state index in [4.69, 9.17) is 9.47 Å². The van der Waals surface area contributed by atoms with E-state index in [1.165, 1.54) is 12.8 Å². The number of ether oxygens (including phenoxy) is 2. The molecule has 0 radical (unpaired) electrons. The van der Waals surface area contributed by atoms with Crippen molar-refractivity contribution in [2.24, 2.45) is 4.99 Å². The summed E-state index contributed by atoms with van der Waals surface area (Å²) < 4.78 is 11.8. The lowest BCUT2D eigenvalue weighted by Gasteiger charge is -2.20. The molecule has 172 valence electrons. The number of nitrogens with zero attached hydrogens (tertiary/aromatic N) is 2. The van der Waals surface area contributed by atoms with Crippen LogP contribution < -0.4 is 25.4 Å². The second-order valence-corrected chi connectivity index (χ2v) is 7.79. The minimum absolute atomic E-state index is 0.105. The van der Waals surface area contributed by atoms with Crippen LogP contribution in [-0.4, -0.2) is 43.7 Å². The Balaban J connectivity index is 1.50. The van der Waals surface area contributed by atoms with E-state index in [0.717, 1.165) is 35.6 Å². The highest BCUT2D eigenvalue weighted by Crippen LogP contribution is 2.34. The highest BCUT2D eigenvalue weighted by atomic mass is 16.5. The summed E-state index contributed by atoms with van der Waals surface area (Å²) in [5.74, 6) is 2.59. The SMILES string of the molecule is CN=C(NCCC(=O)Nc1cccc(C)n1)NCc1cccc(OC)c1OC1CCCC1. The summed E-state index contributed by atoms with van der Waals surface area (Å²) in [4.78, 5) is 20.7. The maximum atomic E-state index is 12.2. The van der Waals surface area contributed by atoms with E-state index in [-0.39, 0.29) is 12.0 Å². The van der Waals surface area contributed by atoms with Gasteiger partial charge in [0.15, 0.2) is 17.5 Å². The molecular weight excluding hydrogens is 406 g/mol. The highest BCUT2D eigenvalue weighted by molar-refractivity contribution is 5.90. The van der Waals surface area contributed by atoms with Crippen LogP contribution in [0, 0.1) is 6.92 Å². The first-order valence-electron chi connectivity index (χ1n) is 11.1. The maximum Gasteiger partial charge on any atom is 0.227 e. The molecule has 3 N–H and O–H groups in total. The molecule has 0 spiro atoms. The van der Waals surface area contributed by atoms with E-state index in [2.05, 4.69) is 25.9 Å². The van der Waals surface area contributed by atoms with Gasteiger partial charge < -0.3 is 25.4 Å². The van der Waals surface area contributed by atoms with Crippen molar-refractivity contribution in [3.8, 4) is 11.5 Å². The molecule has 0 unspecified atom stereocenters. The van der Waals surface area contributed by atoms with Crippen LogP contribution in [0.5, 0.6) is 11.5 Å². The van der Waals surface area contributed by atoms with Crippen molar-refractivity contribution in [1.29, 1.82) is 0 Å². The number of para-hydroxylation sites is 1. The summed E-state index contributed by atoms with van der Waals surface area (Å²) in [6, 6.07) is 11.4. The van der Waals surface area contributed by atoms with Crippen molar-refractivity contribution in [1.82, 2.24) is 15.6 Å². The van der Waals surface area contributed by atoms with Crippen molar-refractivity contribution < 1.29 is 14.3 Å². The number of aromatic nitrogens is 1. The number of pyridine rings is 1. The number of carbonyl (C=O) groups is 1. The Hall–Kier alpha value is -3.29. The number of methoxy groups -OCH3 is 1. The molecule has 3 rings (SSSR count). The van der Waals surface area contributed by atoms with E-state index in [1.54, 1.807) is 20.2 Å². The molecule has 1 heterocycles. The summed E-state index contributed by atoms with van der Waals surface area (Å²) in [7, 11) is 3.36. The molecule has 1 aliphatic carbocycles. The lowest BCUT2D eigenvalue weighted by atomic mass is 10.1. The zero-order valence-corrected chi connectivity index (χ0v) is 19.1. The van der Waals surface area contributed by atoms with Crippen LogP contribution in [0.4, 0.5) is 5.82 Å². The van der Waals surface area contributed by atoms with Gasteiger partial charge in [0.05, 0.1) is 13.2 Å². The number of aryl methyl sites for hydroxylation is 1. The van der Waals surface area contributed by atoms with Gasteiger partial charge in [-0.3, -0.25) is 9.79 Å². The van der Waals surface area contributed by atoms with Gasteiger partial charge in [-0.1, -0.05) is 18.2 Å². The fourth-order valence-electron chi connectivity index (χ4n) is 3.68. The summed E-state index contributed by atoms with van der Waals surface area (Å²) in [5.41, 5.74) is 1.86. The Morgan fingerprint density at radius 2 is 1.94 bits per heavy atom. The quantitative estimate of drug-likeness (QED) is 0.409. The van der Waals surface area contributed by atoms with Crippen LogP contribution in [0.2, 0.25) is 0 Å². The molecule has 0 atom stereocenters. The molecule has 8 heteroatoms. The molecule has 0 aliphatic heterocycles. The van der Waals surface area contributed by atoms with Gasteiger partial charge in [0.25, 0.3) is 0 Å². The van der Waals surface area contributed by atoms with Gasteiger partial charge >= 0.3 is 0 Å². The number of benzene rings is 1. The topological polar surface area (TPSA) is 96.9 Å². The fraction of sp³-hybridized carbons (Fsp3) is 0.458. The van der Waals surface area contributed by atoms with Gasteiger partial charge in [0, 0.05) is 37.8 Å². The third-order valence-corrected chi connectivity index (χ3v) is 5.34. The standard InChI is InChI=1S/C24H33N5O3/c1-17-8-6-13-21(28-17)29-22(30)14-15-26-24(25-2)27-16-18-9-7-12-20(31-3)23(18)32-19-10-4-5-11-19/h6-9,12-13,19H,4-5,10-11,14-16H2,1-3H3,(H2,25,26,27)(H,28,29,30). The molecule has 8 nitrogen and oxygen atoms in total. The van der Waals surface area contributed by atoms with Crippen LogP contribution in [0.3, 0.4) is 0 Å². The molecule has 1 saturated carbocycles. The molecule has 2 aromatic rings. The first-order chi connectivity index (χ1) is 15.6. The van der Waals surface area contributed by atoms with Crippen molar-refractivity contribution in [2.75, 3.05) is 26.0 Å². The third kappa shape index (κ3) is 6.87. The van der Waals surface area contributed by atoms with E-state index < -0.39 is 0 Å². The third-order valence-electron chi connectivity index (χ3n) is 5.34. The van der Waals surface area contributed by atoms with Crippen LogP contribution in [0.25, 0.3) is 0 Å². The van der Waals surface area contributed by atoms with Crippen LogP contribution in [-0.2, 0) is 11.3 Å². The number of nitrogens with one attached hydrogen (secondary N) is 3. The van der Waals surface area contributed by atoms with Gasteiger partial charge in [0.2, 0.25) is 5.91 Å². The number of aliphatic imine (C=N–C) groups is 1. The van der Waals surface area contributed by atoms with Crippen LogP contribution >= 0.6 is 0 Å². The summed E-state index contributed by atoms with van der Waals surface area (Å²) >= 11 is 0. The molecule has 1 aromatic carbocycles. The largest absolute Gasteiger partial charge is 0.493 e. The second-order valence-electron chi connectivity index (χ2n) is 7.79. The zero-order chi connectivity index (χ0) is 22.8. The lowest BCUT2D eigenvalue weighted by Crippen LogP contribution is -2.38. The van der Waals surface area contributed by atoms with Gasteiger partial charge in [-0.2, -0.15) is 0 Å². The van der Waals surface area contributed by atoms with E-state index in [9.17, 15) is 4.79 Å². The van der Waals surface area contributed by atoms with Gasteiger partial charge in [-0.05, 0) is 50.8 Å². The Bertz CT molecular complexity index is 926. The first-order valence-corrected chi connectivity index (χ1v) is 11.1. The maximum absolute atomic E-state index is 12.2. The minimum atomic E-state index is -0.105. The predicted octanol–water partition coefficient (Wildman–Crippen LogP) is 3.41. The number of rotatable bonds is 9. The minimum Gasteiger partial charge on any atom is -0.493 e. The zero-order valence-electron chi connectivity index (χ0n) is 19.1. The Morgan fingerprint density at radius 1 is 1.16 bits per heavy atom. The van der Waals surface area contributed by atoms with Gasteiger partial charge in [0.1, 0.15) is 5.82 Å². The molecule has 0 saturated heterocycles. The van der Waals surface area contributed by atoms with Gasteiger partial charge in [-0.15, -0.1) is 0 Å². The number of carbonyl (C=O) groups excluding carboxylic acids is 1. The summed E-state index contributed by atoms with van der Waals surface area (Å²) in [5, 5.41) is 9.27. The van der Waals surface area contributed by atoms with E-state index in [1.807, 2.05) is 37.3 Å². The van der Waals surface area contributed by atoms with E-state index >= 15 is 0 Å². The molecule has 1 aliphatic rings. The van der Waals surface area contributed by atoms with Crippen molar-refractivity contribution >= 4 is 17.7 Å². The average molecular weight is 440 g/mol. The average Bonchev–Trinajstić information content (AvgIpc) is 3.30. The number of amides is 1. The van der Waals surface area contributed by atoms with Crippen LogP contribution in [0.15, 0.2) is 41.4 Å². The number of hydrogen-bond acceptors (Lipinski definition) is 5. The van der Waals surface area contributed by atoms with Crippen molar-refractivity contribution in [3.05, 3.63) is 47.7 Å². The fourth-order valence-corrected chi connectivity index (χ4v) is 3.68. The van der Waals surface area contributed by atoms with Gasteiger partial charge in [-0.25, -0.2) is 4.98 Å². The molecule has 1 amide bonds. The molecule has 0 bridgehead atoms.